The summed E-state index contributed by atoms with van der Waals surface area (Å²) < 4.78 is 0. The fourth-order valence-corrected chi connectivity index (χ4v) is 2.24. The maximum atomic E-state index is 11.9. The molecule has 0 radical (unpaired) electrons. The summed E-state index contributed by atoms with van der Waals surface area (Å²) in [6.45, 7) is 4.09. The van der Waals surface area contributed by atoms with Crippen LogP contribution in [0.4, 0.5) is 0 Å². The molecule has 1 N–H and O–H groups in total. The van der Waals surface area contributed by atoms with Gasteiger partial charge in [0.1, 0.15) is 0 Å². The third-order valence-electron chi connectivity index (χ3n) is 3.60. The Hall–Kier alpha value is -2.35. The highest BCUT2D eigenvalue weighted by Crippen LogP contribution is 2.06. The molecule has 2 heteroatoms. The topological polar surface area (TPSA) is 29.1 Å². The summed E-state index contributed by atoms with van der Waals surface area (Å²) in [5, 5.41) is 3.01. The van der Waals surface area contributed by atoms with Gasteiger partial charge < -0.3 is 5.32 Å². The quantitative estimate of drug-likeness (QED) is 0.797. The molecule has 114 valence electrons. The Bertz CT molecular complexity index is 614. The average Bonchev–Trinajstić information content (AvgIpc) is 2.53. The molecule has 2 rings (SSSR count). The first-order valence-electron chi connectivity index (χ1n) is 7.72. The summed E-state index contributed by atoms with van der Waals surface area (Å²) in [5.41, 5.74) is 3.56. The Morgan fingerprint density at radius 3 is 2.45 bits per heavy atom. The highest BCUT2D eigenvalue weighted by atomic mass is 16.1. The maximum absolute atomic E-state index is 11.9. The number of carbonyl (C=O) groups excluding carboxylic acids is 1. The van der Waals surface area contributed by atoms with Crippen LogP contribution in [0.25, 0.3) is 6.08 Å². The number of carbonyl (C=O) groups is 1. The number of rotatable bonds is 6. The SMILES string of the molecule is Cc1ccc(/C=C/C(=O)N[C@@H](C)CCc2ccccc2)cc1. The lowest BCUT2D eigenvalue weighted by Gasteiger charge is -2.12. The minimum atomic E-state index is -0.0406. The number of hydrogen-bond donors (Lipinski definition) is 1. The molecule has 0 saturated heterocycles. The first kappa shape index (κ1) is 16.0. The van der Waals surface area contributed by atoms with Crippen LogP contribution in [0.1, 0.15) is 30.0 Å². The van der Waals surface area contributed by atoms with E-state index in [-0.39, 0.29) is 11.9 Å². The fourth-order valence-electron chi connectivity index (χ4n) is 2.24. The van der Waals surface area contributed by atoms with Gasteiger partial charge in [0.05, 0.1) is 0 Å². The second-order valence-electron chi connectivity index (χ2n) is 5.68. The molecule has 1 amide bonds. The lowest BCUT2D eigenvalue weighted by Crippen LogP contribution is -2.31. The van der Waals surface area contributed by atoms with Gasteiger partial charge in [-0.2, -0.15) is 0 Å². The van der Waals surface area contributed by atoms with Gasteiger partial charge in [-0.25, -0.2) is 0 Å². The molecule has 0 aromatic heterocycles. The van der Waals surface area contributed by atoms with Gasteiger partial charge in [-0.1, -0.05) is 60.2 Å². The molecule has 0 bridgehead atoms. The van der Waals surface area contributed by atoms with Crippen LogP contribution in [0.2, 0.25) is 0 Å². The van der Waals surface area contributed by atoms with Gasteiger partial charge >= 0.3 is 0 Å². The van der Waals surface area contributed by atoms with E-state index in [0.717, 1.165) is 18.4 Å². The summed E-state index contributed by atoms with van der Waals surface area (Å²) in [4.78, 5) is 11.9. The Morgan fingerprint density at radius 2 is 1.77 bits per heavy atom. The minimum Gasteiger partial charge on any atom is -0.350 e. The molecular weight excluding hydrogens is 270 g/mol. The van der Waals surface area contributed by atoms with Gasteiger partial charge in [-0.15, -0.1) is 0 Å². The Balaban J connectivity index is 1.77. The van der Waals surface area contributed by atoms with Crippen LogP contribution < -0.4 is 5.32 Å². The Morgan fingerprint density at radius 1 is 1.09 bits per heavy atom. The van der Waals surface area contributed by atoms with Crippen molar-refractivity contribution >= 4 is 12.0 Å². The summed E-state index contributed by atoms with van der Waals surface area (Å²) in [5.74, 6) is -0.0406. The molecule has 22 heavy (non-hydrogen) atoms. The first-order chi connectivity index (χ1) is 10.6. The molecule has 2 aromatic rings. The lowest BCUT2D eigenvalue weighted by molar-refractivity contribution is -0.117. The van der Waals surface area contributed by atoms with E-state index in [0.29, 0.717) is 0 Å². The normalized spacial score (nSPS) is 12.3. The van der Waals surface area contributed by atoms with Crippen molar-refractivity contribution in [2.24, 2.45) is 0 Å². The molecule has 2 nitrogen and oxygen atoms in total. The molecule has 0 fully saturated rings. The zero-order chi connectivity index (χ0) is 15.8. The predicted octanol–water partition coefficient (Wildman–Crippen LogP) is 4.15. The van der Waals surface area contributed by atoms with E-state index in [1.54, 1.807) is 6.08 Å². The van der Waals surface area contributed by atoms with Crippen LogP contribution in [0, 0.1) is 6.92 Å². The van der Waals surface area contributed by atoms with Crippen LogP contribution >= 0.6 is 0 Å². The molecule has 0 aliphatic carbocycles. The summed E-state index contributed by atoms with van der Waals surface area (Å²) in [6.07, 6.45) is 5.36. The maximum Gasteiger partial charge on any atom is 0.244 e. The summed E-state index contributed by atoms with van der Waals surface area (Å²) in [6, 6.07) is 18.6. The second kappa shape index (κ2) is 8.18. The summed E-state index contributed by atoms with van der Waals surface area (Å²) in [7, 11) is 0. The van der Waals surface area contributed by atoms with Crippen molar-refractivity contribution in [3.8, 4) is 0 Å². The second-order valence-corrected chi connectivity index (χ2v) is 5.68. The Kier molecular flexibility index (Phi) is 5.96. The molecule has 0 saturated carbocycles. The number of amides is 1. The predicted molar refractivity (Wildman–Crippen MR) is 92.6 cm³/mol. The van der Waals surface area contributed by atoms with Gasteiger partial charge in [-0.3, -0.25) is 4.79 Å². The fraction of sp³-hybridized carbons (Fsp3) is 0.250. The first-order valence-corrected chi connectivity index (χ1v) is 7.72. The zero-order valence-corrected chi connectivity index (χ0v) is 13.3. The molecule has 0 unspecified atom stereocenters. The van der Waals surface area contributed by atoms with Crippen molar-refractivity contribution in [3.63, 3.8) is 0 Å². The molecule has 2 aromatic carbocycles. The van der Waals surface area contributed by atoms with E-state index in [1.165, 1.54) is 11.1 Å². The Labute approximate surface area is 132 Å². The van der Waals surface area contributed by atoms with Gasteiger partial charge in [-0.05, 0) is 43.9 Å². The van der Waals surface area contributed by atoms with E-state index in [9.17, 15) is 4.79 Å². The highest BCUT2D eigenvalue weighted by molar-refractivity contribution is 5.91. The number of nitrogens with one attached hydrogen (secondary N) is 1. The lowest BCUT2D eigenvalue weighted by atomic mass is 10.1. The third-order valence-corrected chi connectivity index (χ3v) is 3.60. The van der Waals surface area contributed by atoms with E-state index >= 15 is 0 Å². The van der Waals surface area contributed by atoms with E-state index < -0.39 is 0 Å². The molecule has 0 spiro atoms. The number of hydrogen-bond acceptors (Lipinski definition) is 1. The van der Waals surface area contributed by atoms with E-state index in [1.807, 2.05) is 55.5 Å². The van der Waals surface area contributed by atoms with Crippen molar-refractivity contribution in [3.05, 3.63) is 77.4 Å². The monoisotopic (exact) mass is 293 g/mol. The molecule has 0 heterocycles. The number of benzene rings is 2. The number of aryl methyl sites for hydroxylation is 2. The van der Waals surface area contributed by atoms with Crippen molar-refractivity contribution < 1.29 is 4.79 Å². The van der Waals surface area contributed by atoms with Gasteiger partial charge in [0.2, 0.25) is 5.91 Å². The molecule has 0 aliphatic rings. The van der Waals surface area contributed by atoms with Crippen LogP contribution in [0.15, 0.2) is 60.7 Å². The van der Waals surface area contributed by atoms with Gasteiger partial charge in [0, 0.05) is 12.1 Å². The standard InChI is InChI=1S/C20H23NO/c1-16-8-11-19(12-9-16)14-15-20(22)21-17(2)10-13-18-6-4-3-5-7-18/h3-9,11-12,14-15,17H,10,13H2,1-2H3,(H,21,22)/b15-14+/t17-/m0/s1. The molecular formula is C20H23NO. The van der Waals surface area contributed by atoms with Crippen LogP contribution in [0.5, 0.6) is 0 Å². The highest BCUT2D eigenvalue weighted by Gasteiger charge is 2.04. The van der Waals surface area contributed by atoms with E-state index in [2.05, 4.69) is 24.4 Å². The van der Waals surface area contributed by atoms with Gasteiger partial charge in [0.25, 0.3) is 0 Å². The average molecular weight is 293 g/mol. The molecule has 0 aliphatic heterocycles. The van der Waals surface area contributed by atoms with E-state index in [4.69, 9.17) is 0 Å². The van der Waals surface area contributed by atoms with Crippen LogP contribution in [0.3, 0.4) is 0 Å². The smallest absolute Gasteiger partial charge is 0.244 e. The largest absolute Gasteiger partial charge is 0.350 e. The third kappa shape index (κ3) is 5.57. The van der Waals surface area contributed by atoms with Gasteiger partial charge in [0.15, 0.2) is 0 Å². The van der Waals surface area contributed by atoms with Crippen molar-refractivity contribution in [1.82, 2.24) is 5.32 Å². The van der Waals surface area contributed by atoms with Crippen molar-refractivity contribution in [2.75, 3.05) is 0 Å². The van der Waals surface area contributed by atoms with Crippen LogP contribution in [-0.2, 0) is 11.2 Å². The summed E-state index contributed by atoms with van der Waals surface area (Å²) >= 11 is 0. The van der Waals surface area contributed by atoms with Crippen molar-refractivity contribution in [2.45, 2.75) is 32.7 Å². The van der Waals surface area contributed by atoms with Crippen molar-refractivity contribution in [1.29, 1.82) is 0 Å². The van der Waals surface area contributed by atoms with Crippen LogP contribution in [-0.4, -0.2) is 11.9 Å². The zero-order valence-electron chi connectivity index (χ0n) is 13.3. The molecule has 1 atom stereocenters. The minimum absolute atomic E-state index is 0.0406.